The number of nitrogens with one attached hydrogen (secondary N) is 1. The molecule has 0 radical (unpaired) electrons. The summed E-state index contributed by atoms with van der Waals surface area (Å²) in [5.74, 6) is 0.654. The second-order valence-electron chi connectivity index (χ2n) is 6.57. The van der Waals surface area contributed by atoms with Gasteiger partial charge in [0.25, 0.3) is 0 Å². The van der Waals surface area contributed by atoms with E-state index in [0.29, 0.717) is 5.92 Å². The molecule has 1 N–H and O–H groups in total. The van der Waals surface area contributed by atoms with Gasteiger partial charge in [-0.2, -0.15) is 0 Å². The van der Waals surface area contributed by atoms with Crippen molar-refractivity contribution < 1.29 is 4.74 Å². The molecule has 2 fully saturated rings. The van der Waals surface area contributed by atoms with Crippen molar-refractivity contribution >= 4 is 5.69 Å². The average Bonchev–Trinajstić information content (AvgIpc) is 3.31. The highest BCUT2D eigenvalue weighted by atomic mass is 16.5. The fraction of sp³-hybridized carbons (Fsp3) is 0.706. The first kappa shape index (κ1) is 14.8. The van der Waals surface area contributed by atoms with Gasteiger partial charge in [0.05, 0.1) is 6.61 Å². The van der Waals surface area contributed by atoms with Crippen LogP contribution in [0.15, 0.2) is 12.3 Å². The maximum Gasteiger partial charge on any atom is 0.0511 e. The van der Waals surface area contributed by atoms with Gasteiger partial charge in [0.2, 0.25) is 0 Å². The molecule has 1 aliphatic heterocycles. The van der Waals surface area contributed by atoms with E-state index in [-0.39, 0.29) is 0 Å². The van der Waals surface area contributed by atoms with E-state index in [1.165, 1.54) is 36.9 Å². The summed E-state index contributed by atoms with van der Waals surface area (Å²) in [4.78, 5) is 6.86. The number of hydrogen-bond donors (Lipinski definition) is 1. The van der Waals surface area contributed by atoms with Gasteiger partial charge in [-0.15, -0.1) is 0 Å². The Hall–Kier alpha value is -1.13. The standard InChI is InChI=1S/C17H27N3O/c1-13-8-17(15(9-18-13)10-19-16-5-6-16)20(2)11-14-4-3-7-21-12-14/h8-9,14,16,19H,3-7,10-12H2,1-2H3. The van der Waals surface area contributed by atoms with Gasteiger partial charge < -0.3 is 15.0 Å². The topological polar surface area (TPSA) is 37.4 Å². The van der Waals surface area contributed by atoms with E-state index < -0.39 is 0 Å². The van der Waals surface area contributed by atoms with E-state index >= 15 is 0 Å². The second-order valence-corrected chi connectivity index (χ2v) is 6.57. The third-order valence-electron chi connectivity index (χ3n) is 4.46. The number of rotatable bonds is 6. The van der Waals surface area contributed by atoms with Crippen LogP contribution >= 0.6 is 0 Å². The first-order valence-electron chi connectivity index (χ1n) is 8.20. The highest BCUT2D eigenvalue weighted by Gasteiger charge is 2.22. The monoisotopic (exact) mass is 289 g/mol. The van der Waals surface area contributed by atoms with Crippen molar-refractivity contribution in [1.29, 1.82) is 0 Å². The number of nitrogens with zero attached hydrogens (tertiary/aromatic N) is 2. The van der Waals surface area contributed by atoms with Crippen molar-refractivity contribution in [2.24, 2.45) is 5.92 Å². The van der Waals surface area contributed by atoms with Crippen LogP contribution < -0.4 is 10.2 Å². The summed E-state index contributed by atoms with van der Waals surface area (Å²) in [6, 6.07) is 2.95. The molecule has 1 atom stereocenters. The summed E-state index contributed by atoms with van der Waals surface area (Å²) in [5.41, 5.74) is 3.72. The molecular formula is C17H27N3O. The molecule has 2 aliphatic rings. The zero-order chi connectivity index (χ0) is 14.7. The van der Waals surface area contributed by atoms with E-state index in [4.69, 9.17) is 4.74 Å². The molecule has 0 spiro atoms. The Kier molecular flexibility index (Phi) is 4.76. The van der Waals surface area contributed by atoms with Gasteiger partial charge in [-0.1, -0.05) is 0 Å². The first-order chi connectivity index (χ1) is 10.2. The molecule has 4 nitrogen and oxygen atoms in total. The van der Waals surface area contributed by atoms with Crippen LogP contribution in [0.4, 0.5) is 5.69 Å². The predicted molar refractivity (Wildman–Crippen MR) is 85.6 cm³/mol. The Morgan fingerprint density at radius 1 is 1.38 bits per heavy atom. The molecule has 1 aromatic heterocycles. The average molecular weight is 289 g/mol. The lowest BCUT2D eigenvalue weighted by atomic mass is 10.0. The van der Waals surface area contributed by atoms with Crippen LogP contribution in [0.5, 0.6) is 0 Å². The highest BCUT2D eigenvalue weighted by molar-refractivity contribution is 5.53. The van der Waals surface area contributed by atoms with Crippen molar-refractivity contribution in [3.63, 3.8) is 0 Å². The Morgan fingerprint density at radius 2 is 2.24 bits per heavy atom. The quantitative estimate of drug-likeness (QED) is 0.873. The Labute approximate surface area is 127 Å². The smallest absolute Gasteiger partial charge is 0.0511 e. The largest absolute Gasteiger partial charge is 0.381 e. The van der Waals surface area contributed by atoms with E-state index in [2.05, 4.69) is 35.2 Å². The Balaban J connectivity index is 1.66. The van der Waals surface area contributed by atoms with Crippen molar-refractivity contribution in [3.05, 3.63) is 23.5 Å². The van der Waals surface area contributed by atoms with Gasteiger partial charge >= 0.3 is 0 Å². The molecule has 1 aliphatic carbocycles. The van der Waals surface area contributed by atoms with Crippen LogP contribution in [0.3, 0.4) is 0 Å². The molecular weight excluding hydrogens is 262 g/mol. The maximum atomic E-state index is 5.61. The first-order valence-corrected chi connectivity index (χ1v) is 8.20. The minimum Gasteiger partial charge on any atom is -0.381 e. The van der Waals surface area contributed by atoms with Crippen molar-refractivity contribution in [3.8, 4) is 0 Å². The minimum absolute atomic E-state index is 0.654. The van der Waals surface area contributed by atoms with Crippen molar-refractivity contribution in [1.82, 2.24) is 10.3 Å². The number of anilines is 1. The van der Waals surface area contributed by atoms with Gasteiger partial charge in [0.1, 0.15) is 0 Å². The highest BCUT2D eigenvalue weighted by Crippen LogP contribution is 2.25. The van der Waals surface area contributed by atoms with Crippen molar-refractivity contribution in [2.75, 3.05) is 31.7 Å². The fourth-order valence-electron chi connectivity index (χ4n) is 3.04. The van der Waals surface area contributed by atoms with Crippen LogP contribution in [0.1, 0.15) is 36.9 Å². The van der Waals surface area contributed by atoms with Gasteiger partial charge in [0, 0.05) is 55.9 Å². The molecule has 4 heteroatoms. The van der Waals surface area contributed by atoms with Gasteiger partial charge in [-0.3, -0.25) is 4.98 Å². The number of hydrogen-bond acceptors (Lipinski definition) is 4. The minimum atomic E-state index is 0.654. The Morgan fingerprint density at radius 3 is 2.95 bits per heavy atom. The van der Waals surface area contributed by atoms with E-state index in [9.17, 15) is 0 Å². The van der Waals surface area contributed by atoms with E-state index in [1.54, 1.807) is 0 Å². The van der Waals surface area contributed by atoms with Crippen LogP contribution in [0.2, 0.25) is 0 Å². The lowest BCUT2D eigenvalue weighted by Crippen LogP contribution is -2.32. The summed E-state index contributed by atoms with van der Waals surface area (Å²) in [5, 5.41) is 3.60. The molecule has 1 aromatic rings. The van der Waals surface area contributed by atoms with E-state index in [1.807, 2.05) is 6.20 Å². The predicted octanol–water partition coefficient (Wildman–Crippen LogP) is 2.50. The summed E-state index contributed by atoms with van der Waals surface area (Å²) in [6.07, 6.45) is 7.16. The summed E-state index contributed by atoms with van der Waals surface area (Å²) >= 11 is 0. The molecule has 2 heterocycles. The molecule has 116 valence electrons. The third-order valence-corrected chi connectivity index (χ3v) is 4.46. The van der Waals surface area contributed by atoms with Crippen LogP contribution in [-0.4, -0.2) is 37.8 Å². The molecule has 0 bridgehead atoms. The molecule has 1 unspecified atom stereocenters. The van der Waals surface area contributed by atoms with Crippen LogP contribution in [0, 0.1) is 12.8 Å². The zero-order valence-corrected chi connectivity index (χ0v) is 13.3. The van der Waals surface area contributed by atoms with Gasteiger partial charge in [-0.05, 0) is 44.6 Å². The molecule has 3 rings (SSSR count). The number of aryl methyl sites for hydroxylation is 1. The maximum absolute atomic E-state index is 5.61. The van der Waals surface area contributed by atoms with Gasteiger partial charge in [-0.25, -0.2) is 0 Å². The second kappa shape index (κ2) is 6.75. The molecule has 1 saturated heterocycles. The molecule has 21 heavy (non-hydrogen) atoms. The third kappa shape index (κ3) is 4.17. The fourth-order valence-corrected chi connectivity index (χ4v) is 3.04. The van der Waals surface area contributed by atoms with E-state index in [0.717, 1.165) is 38.0 Å². The molecule has 0 amide bonds. The van der Waals surface area contributed by atoms with Crippen molar-refractivity contribution in [2.45, 2.75) is 45.2 Å². The summed E-state index contributed by atoms with van der Waals surface area (Å²) in [6.45, 7) is 5.91. The zero-order valence-electron chi connectivity index (χ0n) is 13.3. The number of ether oxygens (including phenoxy) is 1. The summed E-state index contributed by atoms with van der Waals surface area (Å²) < 4.78 is 5.61. The normalized spacial score (nSPS) is 22.3. The van der Waals surface area contributed by atoms with Crippen LogP contribution in [0.25, 0.3) is 0 Å². The SMILES string of the molecule is Cc1cc(N(C)CC2CCCOC2)c(CNC2CC2)cn1. The Bertz CT molecular complexity index is 467. The lowest BCUT2D eigenvalue weighted by Gasteiger charge is -2.29. The lowest BCUT2D eigenvalue weighted by molar-refractivity contribution is 0.0576. The number of aromatic nitrogens is 1. The summed E-state index contributed by atoms with van der Waals surface area (Å²) in [7, 11) is 2.20. The van der Waals surface area contributed by atoms with Crippen LogP contribution in [-0.2, 0) is 11.3 Å². The number of pyridine rings is 1. The molecule has 1 saturated carbocycles. The molecule has 0 aromatic carbocycles. The van der Waals surface area contributed by atoms with Gasteiger partial charge in [0.15, 0.2) is 0 Å².